The van der Waals surface area contributed by atoms with Gasteiger partial charge in [-0.1, -0.05) is 22.9 Å². The molecule has 4 rings (SSSR count). The number of carbonyl (C=O) groups is 2. The number of carbonyl (C=O) groups excluding carboxylic acids is 2. The van der Waals surface area contributed by atoms with Crippen LogP contribution in [0.3, 0.4) is 0 Å². The number of nitrogens with zero attached hydrogens (tertiary/aromatic N) is 3. The molecule has 1 aromatic carbocycles. The Morgan fingerprint density at radius 2 is 1.90 bits per heavy atom. The number of hydrogen-bond donors (Lipinski definition) is 1. The lowest BCUT2D eigenvalue weighted by molar-refractivity contribution is 0.0601. The molecule has 0 spiro atoms. The van der Waals surface area contributed by atoms with Crippen LogP contribution in [0.4, 0.5) is 5.00 Å². The number of aryl methyl sites for hydroxylation is 2. The molecule has 2 aromatic heterocycles. The Hall–Kier alpha value is -3.04. The van der Waals surface area contributed by atoms with Crippen LogP contribution in [0, 0.1) is 6.92 Å². The van der Waals surface area contributed by atoms with Crippen molar-refractivity contribution in [2.24, 2.45) is 0 Å². The van der Waals surface area contributed by atoms with Crippen molar-refractivity contribution in [2.45, 2.75) is 39.2 Å². The summed E-state index contributed by atoms with van der Waals surface area (Å²) in [5.41, 5.74) is 4.03. The van der Waals surface area contributed by atoms with Crippen molar-refractivity contribution in [1.29, 1.82) is 0 Å². The molecule has 0 radical (unpaired) electrons. The van der Waals surface area contributed by atoms with Gasteiger partial charge in [0.2, 0.25) is 0 Å². The normalized spacial score (nSPS) is 13.0. The van der Waals surface area contributed by atoms with E-state index >= 15 is 0 Å². The minimum absolute atomic E-state index is 0.157. The van der Waals surface area contributed by atoms with Gasteiger partial charge in [0.15, 0.2) is 5.69 Å². The second-order valence-electron chi connectivity index (χ2n) is 7.43. The van der Waals surface area contributed by atoms with Crippen molar-refractivity contribution in [2.75, 3.05) is 19.5 Å². The molecule has 0 saturated heterocycles. The van der Waals surface area contributed by atoms with E-state index in [0.717, 1.165) is 47.4 Å². The number of benzene rings is 1. The maximum Gasteiger partial charge on any atom is 0.341 e. The quantitative estimate of drug-likeness (QED) is 0.587. The number of nitrogens with one attached hydrogen (secondary N) is 1. The number of hydrogen-bond acceptors (Lipinski definition) is 7. The van der Waals surface area contributed by atoms with Crippen LogP contribution in [0.1, 0.15) is 55.4 Å². The van der Waals surface area contributed by atoms with Gasteiger partial charge in [-0.25, -0.2) is 9.48 Å². The summed E-state index contributed by atoms with van der Waals surface area (Å²) in [6, 6.07) is 7.75. The smallest absolute Gasteiger partial charge is 0.341 e. The molecule has 0 aliphatic heterocycles. The largest absolute Gasteiger partial charge is 0.465 e. The third kappa shape index (κ3) is 4.11. The molecule has 0 unspecified atom stereocenters. The lowest BCUT2D eigenvalue weighted by Gasteiger charge is -2.11. The Labute approximate surface area is 184 Å². The Bertz CT molecular complexity index is 1120. The zero-order valence-electron chi connectivity index (χ0n) is 17.7. The van der Waals surface area contributed by atoms with Gasteiger partial charge in [0.05, 0.1) is 25.0 Å². The SMILES string of the molecule is COCc1c(C(=O)Nc2sc3c(c2C(=O)OC)CCCC3)nnn1-c1ccc(C)cc1. The third-order valence-electron chi connectivity index (χ3n) is 5.33. The minimum atomic E-state index is -0.436. The van der Waals surface area contributed by atoms with E-state index < -0.39 is 11.9 Å². The van der Waals surface area contributed by atoms with Crippen LogP contribution in [0.5, 0.6) is 0 Å². The van der Waals surface area contributed by atoms with Gasteiger partial charge in [0, 0.05) is 12.0 Å². The second kappa shape index (κ2) is 8.99. The highest BCUT2D eigenvalue weighted by molar-refractivity contribution is 7.17. The predicted octanol–water partition coefficient (Wildman–Crippen LogP) is 3.70. The molecule has 0 bridgehead atoms. The van der Waals surface area contributed by atoms with Gasteiger partial charge in [-0.15, -0.1) is 16.4 Å². The lowest BCUT2D eigenvalue weighted by Crippen LogP contribution is -2.17. The molecule has 162 valence electrons. The monoisotopic (exact) mass is 440 g/mol. The van der Waals surface area contributed by atoms with E-state index in [1.165, 1.54) is 18.4 Å². The van der Waals surface area contributed by atoms with Crippen LogP contribution in [0.25, 0.3) is 5.69 Å². The Kier molecular flexibility index (Phi) is 6.15. The van der Waals surface area contributed by atoms with Gasteiger partial charge in [0.1, 0.15) is 10.7 Å². The van der Waals surface area contributed by atoms with Gasteiger partial charge >= 0.3 is 5.97 Å². The average Bonchev–Trinajstić information content (AvgIpc) is 3.35. The highest BCUT2D eigenvalue weighted by atomic mass is 32.1. The molecule has 1 N–H and O–H groups in total. The fraction of sp³-hybridized carbons (Fsp3) is 0.364. The summed E-state index contributed by atoms with van der Waals surface area (Å²) in [7, 11) is 2.90. The number of anilines is 1. The van der Waals surface area contributed by atoms with E-state index in [-0.39, 0.29) is 12.3 Å². The highest BCUT2D eigenvalue weighted by Gasteiger charge is 2.29. The van der Waals surface area contributed by atoms with Gasteiger partial charge in [-0.3, -0.25) is 4.79 Å². The first-order chi connectivity index (χ1) is 15.0. The van der Waals surface area contributed by atoms with E-state index in [1.807, 2.05) is 31.2 Å². The first kappa shape index (κ1) is 21.2. The van der Waals surface area contributed by atoms with E-state index in [4.69, 9.17) is 9.47 Å². The zero-order valence-corrected chi connectivity index (χ0v) is 18.5. The molecule has 0 saturated carbocycles. The zero-order chi connectivity index (χ0) is 22.0. The van der Waals surface area contributed by atoms with Crippen molar-refractivity contribution in [1.82, 2.24) is 15.0 Å². The molecular weight excluding hydrogens is 416 g/mol. The predicted molar refractivity (Wildman–Crippen MR) is 117 cm³/mol. The molecule has 0 atom stereocenters. The summed E-state index contributed by atoms with van der Waals surface area (Å²) in [6.07, 6.45) is 3.80. The molecule has 9 heteroatoms. The first-order valence-corrected chi connectivity index (χ1v) is 10.9. The van der Waals surface area contributed by atoms with E-state index in [1.54, 1.807) is 11.8 Å². The molecule has 8 nitrogen and oxygen atoms in total. The van der Waals surface area contributed by atoms with Crippen LogP contribution in [0.15, 0.2) is 24.3 Å². The number of ether oxygens (including phenoxy) is 2. The van der Waals surface area contributed by atoms with E-state index in [0.29, 0.717) is 16.3 Å². The first-order valence-electron chi connectivity index (χ1n) is 10.1. The maximum atomic E-state index is 13.2. The third-order valence-corrected chi connectivity index (χ3v) is 6.53. The van der Waals surface area contributed by atoms with Gasteiger partial charge in [-0.2, -0.15) is 0 Å². The summed E-state index contributed by atoms with van der Waals surface area (Å²) in [5, 5.41) is 11.7. The molecule has 31 heavy (non-hydrogen) atoms. The summed E-state index contributed by atoms with van der Waals surface area (Å²) < 4.78 is 11.9. The second-order valence-corrected chi connectivity index (χ2v) is 8.53. The summed E-state index contributed by atoms with van der Waals surface area (Å²) in [6.45, 7) is 2.16. The topological polar surface area (TPSA) is 95.3 Å². The number of methoxy groups -OCH3 is 2. The standard InChI is InChI=1S/C22H24N4O4S/c1-13-8-10-14(11-9-13)26-16(12-29-2)19(24-25-26)20(27)23-21-18(22(28)30-3)15-6-4-5-7-17(15)31-21/h8-11H,4-7,12H2,1-3H3,(H,23,27). The number of fused-ring (bicyclic) bond motifs is 1. The molecule has 1 aliphatic carbocycles. The van der Waals surface area contributed by atoms with Gasteiger partial charge in [-0.05, 0) is 50.3 Å². The van der Waals surface area contributed by atoms with Crippen molar-refractivity contribution in [3.8, 4) is 5.69 Å². The fourth-order valence-electron chi connectivity index (χ4n) is 3.77. The molecular formula is C22H24N4O4S. The van der Waals surface area contributed by atoms with E-state index in [9.17, 15) is 9.59 Å². The van der Waals surface area contributed by atoms with Crippen molar-refractivity contribution < 1.29 is 19.1 Å². The summed E-state index contributed by atoms with van der Waals surface area (Å²) >= 11 is 1.43. The molecule has 1 aliphatic rings. The summed E-state index contributed by atoms with van der Waals surface area (Å²) in [4.78, 5) is 26.7. The minimum Gasteiger partial charge on any atom is -0.465 e. The average molecular weight is 441 g/mol. The number of aromatic nitrogens is 3. The van der Waals surface area contributed by atoms with Crippen LogP contribution in [-0.4, -0.2) is 41.1 Å². The van der Waals surface area contributed by atoms with E-state index in [2.05, 4.69) is 15.6 Å². The summed E-state index contributed by atoms with van der Waals surface area (Å²) in [5.74, 6) is -0.871. The van der Waals surface area contributed by atoms with Gasteiger partial charge < -0.3 is 14.8 Å². The molecule has 3 aromatic rings. The number of thiophene rings is 1. The van der Waals surface area contributed by atoms with Crippen LogP contribution in [-0.2, 0) is 28.9 Å². The Balaban J connectivity index is 1.69. The maximum absolute atomic E-state index is 13.2. The highest BCUT2D eigenvalue weighted by Crippen LogP contribution is 2.38. The fourth-order valence-corrected chi connectivity index (χ4v) is 5.04. The van der Waals surface area contributed by atoms with Crippen molar-refractivity contribution in [3.05, 3.63) is 57.2 Å². The molecule has 1 amide bonds. The van der Waals surface area contributed by atoms with Crippen LogP contribution < -0.4 is 5.32 Å². The molecule has 0 fully saturated rings. The Morgan fingerprint density at radius 3 is 2.61 bits per heavy atom. The molecule has 2 heterocycles. The number of amides is 1. The van der Waals surface area contributed by atoms with Crippen molar-refractivity contribution in [3.63, 3.8) is 0 Å². The Morgan fingerprint density at radius 1 is 1.16 bits per heavy atom. The van der Waals surface area contributed by atoms with Gasteiger partial charge in [0.25, 0.3) is 5.91 Å². The van der Waals surface area contributed by atoms with Crippen molar-refractivity contribution >= 4 is 28.2 Å². The lowest BCUT2D eigenvalue weighted by atomic mass is 9.95. The number of esters is 1. The number of rotatable bonds is 6. The van der Waals surface area contributed by atoms with Crippen LogP contribution in [0.2, 0.25) is 0 Å². The van der Waals surface area contributed by atoms with Crippen LogP contribution >= 0.6 is 11.3 Å².